The van der Waals surface area contributed by atoms with Gasteiger partial charge in [-0.05, 0) is 42.2 Å². The van der Waals surface area contributed by atoms with Crippen molar-refractivity contribution in [3.63, 3.8) is 0 Å². The van der Waals surface area contributed by atoms with Crippen molar-refractivity contribution in [2.24, 2.45) is 0 Å². The Morgan fingerprint density at radius 2 is 1.77 bits per heavy atom. The van der Waals surface area contributed by atoms with Gasteiger partial charge in [-0.25, -0.2) is 0 Å². The second-order valence-corrected chi connectivity index (χ2v) is 8.21. The molecule has 0 atom stereocenters. The molecule has 1 aliphatic heterocycles. The Morgan fingerprint density at radius 1 is 1.06 bits per heavy atom. The normalized spacial score (nSPS) is 13.9. The Labute approximate surface area is 185 Å². The fraction of sp³-hybridized carbons (Fsp3) is 0.304. The molecular formula is C23H25N5O2S. The third-order valence-corrected chi connectivity index (χ3v) is 6.28. The molecule has 1 saturated heterocycles. The van der Waals surface area contributed by atoms with Gasteiger partial charge in [0.25, 0.3) is 5.91 Å². The molecule has 7 nitrogen and oxygen atoms in total. The SMILES string of the molecule is CCC(=O)Nc1c(-c2ccncc2)nsc1C(=O)N1CCN(c2ccccc2C)CC1. The van der Waals surface area contributed by atoms with Crippen LogP contribution < -0.4 is 10.2 Å². The third kappa shape index (κ3) is 4.44. The van der Waals surface area contributed by atoms with Gasteiger partial charge in [0.15, 0.2) is 0 Å². The van der Waals surface area contributed by atoms with E-state index in [4.69, 9.17) is 0 Å². The number of hydrogen-bond acceptors (Lipinski definition) is 6. The molecule has 160 valence electrons. The molecule has 1 N–H and O–H groups in total. The number of amides is 2. The lowest BCUT2D eigenvalue weighted by Gasteiger charge is -2.36. The van der Waals surface area contributed by atoms with Crippen LogP contribution in [0.15, 0.2) is 48.8 Å². The quantitative estimate of drug-likeness (QED) is 0.659. The van der Waals surface area contributed by atoms with Crippen LogP contribution in [-0.4, -0.2) is 52.3 Å². The first-order valence-electron chi connectivity index (χ1n) is 10.4. The van der Waals surface area contributed by atoms with Gasteiger partial charge in [-0.1, -0.05) is 25.1 Å². The first-order chi connectivity index (χ1) is 15.1. The maximum atomic E-state index is 13.4. The molecule has 3 aromatic rings. The van der Waals surface area contributed by atoms with Gasteiger partial charge < -0.3 is 15.1 Å². The minimum absolute atomic E-state index is 0.0892. The number of anilines is 2. The van der Waals surface area contributed by atoms with Crippen LogP contribution in [-0.2, 0) is 4.79 Å². The van der Waals surface area contributed by atoms with Crippen LogP contribution in [0.25, 0.3) is 11.3 Å². The van der Waals surface area contributed by atoms with E-state index in [9.17, 15) is 9.59 Å². The predicted molar refractivity (Wildman–Crippen MR) is 124 cm³/mol. The Kier molecular flexibility index (Phi) is 6.27. The zero-order chi connectivity index (χ0) is 21.8. The number of carbonyl (C=O) groups excluding carboxylic acids is 2. The van der Waals surface area contributed by atoms with E-state index < -0.39 is 0 Å². The molecule has 0 unspecified atom stereocenters. The second kappa shape index (κ2) is 9.26. The van der Waals surface area contributed by atoms with Gasteiger partial charge in [-0.15, -0.1) is 0 Å². The predicted octanol–water partition coefficient (Wildman–Crippen LogP) is 3.82. The van der Waals surface area contributed by atoms with Gasteiger partial charge in [0, 0.05) is 56.2 Å². The lowest BCUT2D eigenvalue weighted by atomic mass is 10.1. The molecule has 8 heteroatoms. The number of para-hydroxylation sites is 1. The number of hydrogen-bond donors (Lipinski definition) is 1. The summed E-state index contributed by atoms with van der Waals surface area (Å²) in [6.07, 6.45) is 3.67. The van der Waals surface area contributed by atoms with Gasteiger partial charge in [-0.2, -0.15) is 4.37 Å². The number of pyridine rings is 1. The molecule has 0 saturated carbocycles. The molecule has 4 rings (SSSR count). The van der Waals surface area contributed by atoms with E-state index in [1.807, 2.05) is 29.2 Å². The van der Waals surface area contributed by atoms with Crippen molar-refractivity contribution in [3.8, 4) is 11.3 Å². The summed E-state index contributed by atoms with van der Waals surface area (Å²) < 4.78 is 4.51. The average Bonchev–Trinajstić information content (AvgIpc) is 3.23. The van der Waals surface area contributed by atoms with E-state index in [2.05, 4.69) is 38.6 Å². The minimum Gasteiger partial charge on any atom is -0.368 e. The topological polar surface area (TPSA) is 78.4 Å². The van der Waals surface area contributed by atoms with Gasteiger partial charge in [0.05, 0.1) is 5.69 Å². The first kappa shape index (κ1) is 21.0. The number of benzene rings is 1. The highest BCUT2D eigenvalue weighted by Gasteiger charge is 2.28. The highest BCUT2D eigenvalue weighted by molar-refractivity contribution is 7.09. The maximum Gasteiger partial charge on any atom is 0.267 e. The molecule has 0 radical (unpaired) electrons. The molecule has 1 fully saturated rings. The summed E-state index contributed by atoms with van der Waals surface area (Å²) in [5.41, 5.74) is 4.37. The molecule has 31 heavy (non-hydrogen) atoms. The number of aromatic nitrogens is 2. The van der Waals surface area contributed by atoms with Crippen molar-refractivity contribution in [2.75, 3.05) is 36.4 Å². The molecule has 2 amide bonds. The van der Waals surface area contributed by atoms with Crippen LogP contribution >= 0.6 is 11.5 Å². The first-order valence-corrected chi connectivity index (χ1v) is 11.2. The lowest BCUT2D eigenvalue weighted by Crippen LogP contribution is -2.49. The van der Waals surface area contributed by atoms with Gasteiger partial charge in [0.1, 0.15) is 10.6 Å². The molecule has 0 bridgehead atoms. The van der Waals surface area contributed by atoms with Crippen LogP contribution in [0.2, 0.25) is 0 Å². The fourth-order valence-corrected chi connectivity index (χ4v) is 4.52. The number of nitrogens with zero attached hydrogens (tertiary/aromatic N) is 4. The van der Waals surface area contributed by atoms with Crippen molar-refractivity contribution in [1.82, 2.24) is 14.3 Å². The summed E-state index contributed by atoms with van der Waals surface area (Å²) in [5, 5.41) is 2.90. The summed E-state index contributed by atoms with van der Waals surface area (Å²) in [6.45, 7) is 6.67. The highest BCUT2D eigenvalue weighted by atomic mass is 32.1. The monoisotopic (exact) mass is 435 g/mol. The summed E-state index contributed by atoms with van der Waals surface area (Å²) in [5.74, 6) is -0.234. The molecule has 0 aliphatic carbocycles. The maximum absolute atomic E-state index is 13.4. The molecule has 2 aromatic heterocycles. The van der Waals surface area contributed by atoms with Crippen molar-refractivity contribution in [3.05, 3.63) is 59.2 Å². The summed E-state index contributed by atoms with van der Waals surface area (Å²) in [7, 11) is 0. The van der Waals surface area contributed by atoms with Crippen LogP contribution in [0, 0.1) is 6.92 Å². The standard InChI is InChI=1S/C23H25N5O2S/c1-3-19(29)25-21-20(17-8-10-24-11-9-17)26-31-22(21)23(30)28-14-12-27(13-15-28)18-7-5-4-6-16(18)2/h4-11H,3,12-15H2,1-2H3,(H,25,29). The molecule has 0 spiro atoms. The Bertz CT molecular complexity index is 1070. The van der Waals surface area contributed by atoms with E-state index in [0.29, 0.717) is 35.8 Å². The number of carbonyl (C=O) groups is 2. The number of aryl methyl sites for hydroxylation is 1. The molecular weight excluding hydrogens is 410 g/mol. The Balaban J connectivity index is 1.55. The van der Waals surface area contributed by atoms with E-state index in [0.717, 1.165) is 30.2 Å². The fourth-order valence-electron chi connectivity index (χ4n) is 3.70. The van der Waals surface area contributed by atoms with Crippen molar-refractivity contribution in [2.45, 2.75) is 20.3 Å². The molecule has 1 aromatic carbocycles. The number of rotatable bonds is 5. The average molecular weight is 436 g/mol. The highest BCUT2D eigenvalue weighted by Crippen LogP contribution is 2.34. The largest absolute Gasteiger partial charge is 0.368 e. The molecule has 1 aliphatic rings. The Hall–Kier alpha value is -3.26. The van der Waals surface area contributed by atoms with E-state index in [1.165, 1.54) is 11.3 Å². The summed E-state index contributed by atoms with van der Waals surface area (Å²) in [6, 6.07) is 12.0. The van der Waals surface area contributed by atoms with Crippen LogP contribution in [0.1, 0.15) is 28.6 Å². The number of nitrogens with one attached hydrogen (secondary N) is 1. The number of piperazine rings is 1. The zero-order valence-electron chi connectivity index (χ0n) is 17.7. The summed E-state index contributed by atoms with van der Waals surface area (Å²) >= 11 is 1.13. The lowest BCUT2D eigenvalue weighted by molar-refractivity contribution is -0.115. The van der Waals surface area contributed by atoms with Gasteiger partial charge >= 0.3 is 0 Å². The van der Waals surface area contributed by atoms with Gasteiger partial charge in [-0.3, -0.25) is 14.6 Å². The van der Waals surface area contributed by atoms with Crippen molar-refractivity contribution >= 4 is 34.7 Å². The molecule has 3 heterocycles. The van der Waals surface area contributed by atoms with Crippen LogP contribution in [0.3, 0.4) is 0 Å². The van der Waals surface area contributed by atoms with E-state index in [-0.39, 0.29) is 11.8 Å². The summed E-state index contributed by atoms with van der Waals surface area (Å²) in [4.78, 5) is 34.2. The van der Waals surface area contributed by atoms with Crippen LogP contribution in [0.4, 0.5) is 11.4 Å². The third-order valence-electron chi connectivity index (χ3n) is 5.45. The van der Waals surface area contributed by atoms with Crippen molar-refractivity contribution in [1.29, 1.82) is 0 Å². The van der Waals surface area contributed by atoms with Crippen LogP contribution in [0.5, 0.6) is 0 Å². The smallest absolute Gasteiger partial charge is 0.267 e. The Morgan fingerprint density at radius 3 is 2.45 bits per heavy atom. The van der Waals surface area contributed by atoms with Gasteiger partial charge in [0.2, 0.25) is 5.91 Å². The van der Waals surface area contributed by atoms with E-state index in [1.54, 1.807) is 19.3 Å². The minimum atomic E-state index is -0.145. The van der Waals surface area contributed by atoms with Crippen molar-refractivity contribution < 1.29 is 9.59 Å². The second-order valence-electron chi connectivity index (χ2n) is 7.44. The zero-order valence-corrected chi connectivity index (χ0v) is 18.5. The van der Waals surface area contributed by atoms with E-state index >= 15 is 0 Å².